The maximum Gasteiger partial charge on any atom is 0.233 e. The highest BCUT2D eigenvalue weighted by atomic mass is 32.2. The SMILES string of the molecule is O=C(NCC1COc2ccccc2C1)C1Cc2ccccc2S1. The third-order valence-corrected chi connectivity index (χ3v) is 5.78. The lowest BCUT2D eigenvalue weighted by molar-refractivity contribution is -0.120. The summed E-state index contributed by atoms with van der Waals surface area (Å²) in [5.41, 5.74) is 2.52. The molecule has 2 aromatic rings. The van der Waals surface area contributed by atoms with Crippen LogP contribution in [0.2, 0.25) is 0 Å². The van der Waals surface area contributed by atoms with Crippen molar-refractivity contribution in [3.63, 3.8) is 0 Å². The standard InChI is InChI=1S/C19H19NO2S/c21-19(18-10-15-6-2-4-8-17(15)23-18)20-11-13-9-14-5-1-3-7-16(14)22-12-13/h1-8,13,18H,9-12H2,(H,20,21). The van der Waals surface area contributed by atoms with Gasteiger partial charge in [-0.05, 0) is 36.1 Å². The van der Waals surface area contributed by atoms with Gasteiger partial charge in [-0.1, -0.05) is 36.4 Å². The number of amides is 1. The van der Waals surface area contributed by atoms with Crippen LogP contribution < -0.4 is 10.1 Å². The molecule has 1 amide bonds. The summed E-state index contributed by atoms with van der Waals surface area (Å²) < 4.78 is 5.79. The number of rotatable bonds is 3. The van der Waals surface area contributed by atoms with E-state index in [0.717, 1.165) is 18.6 Å². The fraction of sp³-hybridized carbons (Fsp3) is 0.316. The Morgan fingerprint density at radius 2 is 1.87 bits per heavy atom. The van der Waals surface area contributed by atoms with E-state index in [1.54, 1.807) is 11.8 Å². The Morgan fingerprint density at radius 1 is 1.09 bits per heavy atom. The van der Waals surface area contributed by atoms with Crippen LogP contribution in [0.4, 0.5) is 0 Å². The monoisotopic (exact) mass is 325 g/mol. The zero-order chi connectivity index (χ0) is 15.6. The molecule has 0 fully saturated rings. The molecule has 0 radical (unpaired) electrons. The summed E-state index contributed by atoms with van der Waals surface area (Å²) in [6.45, 7) is 1.36. The van der Waals surface area contributed by atoms with Crippen LogP contribution in [-0.2, 0) is 17.6 Å². The van der Waals surface area contributed by atoms with Gasteiger partial charge in [0.05, 0.1) is 11.9 Å². The van der Waals surface area contributed by atoms with E-state index < -0.39 is 0 Å². The molecule has 2 aliphatic heterocycles. The maximum atomic E-state index is 12.4. The van der Waals surface area contributed by atoms with Gasteiger partial charge in [0.25, 0.3) is 0 Å². The Labute approximate surface area is 140 Å². The first kappa shape index (κ1) is 14.6. The molecule has 0 saturated carbocycles. The molecule has 2 heterocycles. The maximum absolute atomic E-state index is 12.4. The number of hydrogen-bond donors (Lipinski definition) is 1. The van der Waals surface area contributed by atoms with Gasteiger partial charge in [-0.2, -0.15) is 0 Å². The van der Waals surface area contributed by atoms with E-state index in [0.29, 0.717) is 19.1 Å². The fourth-order valence-corrected chi connectivity index (χ4v) is 4.43. The summed E-state index contributed by atoms with van der Waals surface area (Å²) in [6.07, 6.45) is 1.80. The summed E-state index contributed by atoms with van der Waals surface area (Å²) in [6, 6.07) is 16.4. The smallest absolute Gasteiger partial charge is 0.233 e. The Bertz CT molecular complexity index is 706. The molecule has 2 aromatic carbocycles. The second-order valence-corrected chi connectivity index (χ2v) is 7.40. The second-order valence-electron chi connectivity index (χ2n) is 6.15. The van der Waals surface area contributed by atoms with E-state index in [4.69, 9.17) is 4.74 Å². The number of ether oxygens (including phenoxy) is 1. The minimum Gasteiger partial charge on any atom is -0.493 e. The van der Waals surface area contributed by atoms with Gasteiger partial charge in [0, 0.05) is 17.4 Å². The first-order chi connectivity index (χ1) is 11.3. The molecule has 4 heteroatoms. The Balaban J connectivity index is 1.32. The lowest BCUT2D eigenvalue weighted by Crippen LogP contribution is -2.39. The molecular weight excluding hydrogens is 306 g/mol. The van der Waals surface area contributed by atoms with Gasteiger partial charge in [0.2, 0.25) is 5.91 Å². The molecule has 0 aromatic heterocycles. The summed E-state index contributed by atoms with van der Waals surface area (Å²) in [5, 5.41) is 3.12. The van der Waals surface area contributed by atoms with Crippen molar-refractivity contribution in [2.75, 3.05) is 13.2 Å². The van der Waals surface area contributed by atoms with Crippen molar-refractivity contribution in [1.29, 1.82) is 0 Å². The largest absolute Gasteiger partial charge is 0.493 e. The Hall–Kier alpha value is -1.94. The normalized spacial score (nSPS) is 21.9. The average molecular weight is 325 g/mol. The molecule has 1 N–H and O–H groups in total. The molecule has 3 nitrogen and oxygen atoms in total. The molecule has 0 aliphatic carbocycles. The average Bonchev–Trinajstić information content (AvgIpc) is 3.04. The topological polar surface area (TPSA) is 38.3 Å². The summed E-state index contributed by atoms with van der Waals surface area (Å²) >= 11 is 1.68. The number of carbonyl (C=O) groups is 1. The lowest BCUT2D eigenvalue weighted by Gasteiger charge is -2.25. The van der Waals surface area contributed by atoms with Gasteiger partial charge in [0.1, 0.15) is 5.75 Å². The van der Waals surface area contributed by atoms with Gasteiger partial charge in [-0.25, -0.2) is 0 Å². The predicted molar refractivity (Wildman–Crippen MR) is 91.9 cm³/mol. The number of carbonyl (C=O) groups excluding carboxylic acids is 1. The summed E-state index contributed by atoms with van der Waals surface area (Å²) in [7, 11) is 0. The molecule has 118 valence electrons. The van der Waals surface area contributed by atoms with Crippen LogP contribution in [0.15, 0.2) is 53.4 Å². The van der Waals surface area contributed by atoms with E-state index in [-0.39, 0.29) is 11.2 Å². The number of hydrogen-bond acceptors (Lipinski definition) is 3. The summed E-state index contributed by atoms with van der Waals surface area (Å²) in [5.74, 6) is 1.48. The van der Waals surface area contributed by atoms with Crippen LogP contribution in [0.25, 0.3) is 0 Å². The van der Waals surface area contributed by atoms with Gasteiger partial charge in [-0.3, -0.25) is 4.79 Å². The zero-order valence-electron chi connectivity index (χ0n) is 12.8. The van der Waals surface area contributed by atoms with Crippen LogP contribution in [0.3, 0.4) is 0 Å². The number of para-hydroxylation sites is 1. The van der Waals surface area contributed by atoms with Crippen LogP contribution in [0.5, 0.6) is 5.75 Å². The lowest BCUT2D eigenvalue weighted by atomic mass is 9.96. The van der Waals surface area contributed by atoms with Gasteiger partial charge in [0.15, 0.2) is 0 Å². The third kappa shape index (κ3) is 3.08. The van der Waals surface area contributed by atoms with Crippen LogP contribution in [0.1, 0.15) is 11.1 Å². The Kier molecular flexibility index (Phi) is 4.00. The van der Waals surface area contributed by atoms with Crippen molar-refractivity contribution < 1.29 is 9.53 Å². The molecule has 23 heavy (non-hydrogen) atoms. The zero-order valence-corrected chi connectivity index (χ0v) is 13.6. The molecule has 0 saturated heterocycles. The van der Waals surface area contributed by atoms with Crippen molar-refractivity contribution in [1.82, 2.24) is 5.32 Å². The van der Waals surface area contributed by atoms with Crippen molar-refractivity contribution in [3.05, 3.63) is 59.7 Å². The quantitative estimate of drug-likeness (QED) is 0.942. The Morgan fingerprint density at radius 3 is 2.74 bits per heavy atom. The molecule has 0 bridgehead atoms. The molecule has 4 rings (SSSR count). The van der Waals surface area contributed by atoms with Gasteiger partial charge < -0.3 is 10.1 Å². The van der Waals surface area contributed by atoms with Crippen molar-refractivity contribution in [2.45, 2.75) is 23.0 Å². The highest BCUT2D eigenvalue weighted by molar-refractivity contribution is 8.01. The molecule has 2 aliphatic rings. The van der Waals surface area contributed by atoms with Gasteiger partial charge in [-0.15, -0.1) is 11.8 Å². The van der Waals surface area contributed by atoms with E-state index in [1.807, 2.05) is 30.3 Å². The first-order valence-electron chi connectivity index (χ1n) is 8.02. The van der Waals surface area contributed by atoms with Crippen LogP contribution >= 0.6 is 11.8 Å². The highest BCUT2D eigenvalue weighted by Crippen LogP contribution is 2.36. The molecular formula is C19H19NO2S. The van der Waals surface area contributed by atoms with Gasteiger partial charge >= 0.3 is 0 Å². The van der Waals surface area contributed by atoms with Crippen molar-refractivity contribution in [2.24, 2.45) is 5.92 Å². The minimum absolute atomic E-state index is 0.00388. The minimum atomic E-state index is 0.00388. The third-order valence-electron chi connectivity index (χ3n) is 4.46. The number of fused-ring (bicyclic) bond motifs is 2. The first-order valence-corrected chi connectivity index (χ1v) is 8.90. The molecule has 0 spiro atoms. The number of benzene rings is 2. The second kappa shape index (κ2) is 6.28. The van der Waals surface area contributed by atoms with Crippen molar-refractivity contribution >= 4 is 17.7 Å². The van der Waals surface area contributed by atoms with E-state index in [2.05, 4.69) is 23.5 Å². The highest BCUT2D eigenvalue weighted by Gasteiger charge is 2.28. The van der Waals surface area contributed by atoms with E-state index in [1.165, 1.54) is 16.0 Å². The number of nitrogens with one attached hydrogen (secondary N) is 1. The molecule has 2 unspecified atom stereocenters. The van der Waals surface area contributed by atoms with E-state index >= 15 is 0 Å². The van der Waals surface area contributed by atoms with E-state index in [9.17, 15) is 4.79 Å². The van der Waals surface area contributed by atoms with Crippen LogP contribution in [0, 0.1) is 5.92 Å². The molecule has 2 atom stereocenters. The van der Waals surface area contributed by atoms with Crippen molar-refractivity contribution in [3.8, 4) is 5.75 Å². The number of thioether (sulfide) groups is 1. The van der Waals surface area contributed by atoms with Crippen LogP contribution in [-0.4, -0.2) is 24.3 Å². The summed E-state index contributed by atoms with van der Waals surface area (Å²) in [4.78, 5) is 13.7. The predicted octanol–water partition coefficient (Wildman–Crippen LogP) is 3.07. The fourth-order valence-electron chi connectivity index (χ4n) is 3.21.